The molecule has 3 aliphatic rings. The number of carbonyl (C=O) groups is 2. The molecule has 7 nitrogen and oxygen atoms in total. The molecular weight excluding hydrogens is 464 g/mol. The van der Waals surface area contributed by atoms with Crippen LogP contribution in [-0.4, -0.2) is 33.5 Å². The fourth-order valence-electron chi connectivity index (χ4n) is 6.08. The van der Waals surface area contributed by atoms with Crippen LogP contribution in [-0.2, 0) is 29.0 Å². The number of benzene rings is 3. The lowest BCUT2D eigenvalue weighted by molar-refractivity contribution is -0.140. The van der Waals surface area contributed by atoms with Crippen molar-refractivity contribution in [1.82, 2.24) is 15.1 Å². The number of fused-ring (bicyclic) bond motifs is 4. The number of amides is 2. The van der Waals surface area contributed by atoms with Gasteiger partial charge in [-0.2, -0.15) is 0 Å². The summed E-state index contributed by atoms with van der Waals surface area (Å²) in [6, 6.07) is 22.4. The molecule has 37 heavy (non-hydrogen) atoms. The maximum atomic E-state index is 13.9. The van der Waals surface area contributed by atoms with E-state index in [1.165, 1.54) is 27.8 Å². The van der Waals surface area contributed by atoms with Crippen LogP contribution in [0, 0.1) is 12.8 Å². The zero-order chi connectivity index (χ0) is 25.1. The average Bonchev–Trinajstić information content (AvgIpc) is 3.63. The van der Waals surface area contributed by atoms with E-state index in [0.29, 0.717) is 31.3 Å². The van der Waals surface area contributed by atoms with E-state index in [1.54, 1.807) is 11.8 Å². The van der Waals surface area contributed by atoms with E-state index in [4.69, 9.17) is 4.42 Å². The Bertz CT molecular complexity index is 1560. The second kappa shape index (κ2) is 8.40. The predicted octanol–water partition coefficient (Wildman–Crippen LogP) is 4.63. The molecule has 2 atom stereocenters. The normalized spacial score (nSPS) is 20.1. The number of carbonyl (C=O) groups excluding carboxylic acids is 2. The lowest BCUT2D eigenvalue weighted by Gasteiger charge is -2.36. The molecule has 4 aromatic rings. The van der Waals surface area contributed by atoms with Crippen molar-refractivity contribution in [2.45, 2.75) is 38.8 Å². The standard InChI is InChI=1S/C30H26N4O3/c1-18-31-32-29(37-18)27-14-19-6-2-3-8-21(19)16-34(27)30(36)23-15-28(35)33(17-23)24-10-11-26-22(13-24)12-20-7-4-5-9-25(20)26/h2-11,13,23,27H,12,14-17H2,1H3. The van der Waals surface area contributed by atoms with Crippen molar-refractivity contribution in [3.63, 3.8) is 0 Å². The third-order valence-electron chi connectivity index (χ3n) is 7.92. The number of anilines is 1. The second-order valence-electron chi connectivity index (χ2n) is 10.2. The first-order valence-corrected chi connectivity index (χ1v) is 12.7. The molecule has 0 N–H and O–H groups in total. The zero-order valence-corrected chi connectivity index (χ0v) is 20.6. The number of rotatable bonds is 3. The third kappa shape index (κ3) is 3.65. The molecule has 0 radical (unpaired) electrons. The molecule has 7 rings (SSSR count). The van der Waals surface area contributed by atoms with E-state index < -0.39 is 5.92 Å². The smallest absolute Gasteiger partial charge is 0.239 e. The fourth-order valence-corrected chi connectivity index (χ4v) is 6.08. The van der Waals surface area contributed by atoms with Crippen LogP contribution in [0.2, 0.25) is 0 Å². The SMILES string of the molecule is Cc1nnc(C2Cc3ccccc3CN2C(=O)C2CC(=O)N(c3ccc4c(c3)Cc3ccccc3-4)C2)o1. The maximum absolute atomic E-state index is 13.9. The average molecular weight is 491 g/mol. The van der Waals surface area contributed by atoms with Crippen LogP contribution in [0.15, 0.2) is 71.1 Å². The summed E-state index contributed by atoms with van der Waals surface area (Å²) in [5.41, 5.74) is 8.17. The molecule has 0 bridgehead atoms. The first kappa shape index (κ1) is 22.0. The van der Waals surface area contributed by atoms with Gasteiger partial charge in [-0.25, -0.2) is 0 Å². The summed E-state index contributed by atoms with van der Waals surface area (Å²) >= 11 is 0. The fraction of sp³-hybridized carbons (Fsp3) is 0.267. The van der Waals surface area contributed by atoms with E-state index in [9.17, 15) is 9.59 Å². The van der Waals surface area contributed by atoms with Crippen LogP contribution < -0.4 is 4.90 Å². The van der Waals surface area contributed by atoms with Gasteiger partial charge in [-0.3, -0.25) is 9.59 Å². The minimum absolute atomic E-state index is 0.0172. The van der Waals surface area contributed by atoms with Gasteiger partial charge in [0.05, 0.1) is 5.92 Å². The Morgan fingerprint density at radius 1 is 0.892 bits per heavy atom. The van der Waals surface area contributed by atoms with E-state index in [-0.39, 0.29) is 24.3 Å². The van der Waals surface area contributed by atoms with Gasteiger partial charge in [0, 0.05) is 38.5 Å². The molecule has 7 heteroatoms. The highest BCUT2D eigenvalue weighted by molar-refractivity contribution is 6.01. The summed E-state index contributed by atoms with van der Waals surface area (Å²) in [4.78, 5) is 30.7. The van der Waals surface area contributed by atoms with Gasteiger partial charge in [0.25, 0.3) is 0 Å². The van der Waals surface area contributed by atoms with Crippen molar-refractivity contribution in [2.24, 2.45) is 5.92 Å². The summed E-state index contributed by atoms with van der Waals surface area (Å²) in [6.07, 6.45) is 1.67. The van der Waals surface area contributed by atoms with Gasteiger partial charge in [-0.15, -0.1) is 10.2 Å². The van der Waals surface area contributed by atoms with Crippen LogP contribution in [0.4, 0.5) is 5.69 Å². The minimum atomic E-state index is -0.422. The van der Waals surface area contributed by atoms with Gasteiger partial charge in [-0.1, -0.05) is 54.6 Å². The Balaban J connectivity index is 1.15. The number of aryl methyl sites for hydroxylation is 1. The van der Waals surface area contributed by atoms with Crippen molar-refractivity contribution in [3.05, 3.63) is 101 Å². The Morgan fingerprint density at radius 3 is 2.46 bits per heavy atom. The molecule has 2 amide bonds. The van der Waals surface area contributed by atoms with Crippen molar-refractivity contribution in [3.8, 4) is 11.1 Å². The molecule has 184 valence electrons. The van der Waals surface area contributed by atoms with E-state index in [0.717, 1.165) is 17.7 Å². The van der Waals surface area contributed by atoms with E-state index in [2.05, 4.69) is 58.7 Å². The molecule has 1 aromatic heterocycles. The Labute approximate surface area is 214 Å². The Morgan fingerprint density at radius 2 is 1.65 bits per heavy atom. The summed E-state index contributed by atoms with van der Waals surface area (Å²) < 4.78 is 5.77. The molecule has 1 saturated heterocycles. The Hall–Kier alpha value is -4.26. The van der Waals surface area contributed by atoms with Crippen LogP contribution in [0.25, 0.3) is 11.1 Å². The van der Waals surface area contributed by atoms with Gasteiger partial charge in [0.2, 0.25) is 23.6 Å². The Kier molecular flexibility index (Phi) is 4.99. The number of nitrogens with zero attached hydrogens (tertiary/aromatic N) is 4. The lowest BCUT2D eigenvalue weighted by atomic mass is 9.92. The summed E-state index contributed by atoms with van der Waals surface area (Å²) in [5.74, 6) is 0.438. The maximum Gasteiger partial charge on any atom is 0.239 e. The molecule has 2 aliphatic heterocycles. The topological polar surface area (TPSA) is 79.5 Å². The molecule has 1 aliphatic carbocycles. The van der Waals surface area contributed by atoms with E-state index in [1.807, 2.05) is 23.1 Å². The lowest BCUT2D eigenvalue weighted by Crippen LogP contribution is -2.43. The van der Waals surface area contributed by atoms with Gasteiger partial charge >= 0.3 is 0 Å². The van der Waals surface area contributed by atoms with Crippen molar-refractivity contribution in [2.75, 3.05) is 11.4 Å². The molecular formula is C30H26N4O3. The monoisotopic (exact) mass is 490 g/mol. The summed E-state index contributed by atoms with van der Waals surface area (Å²) in [5, 5.41) is 8.24. The molecule has 3 heterocycles. The van der Waals surface area contributed by atoms with Gasteiger partial charge in [-0.05, 0) is 51.9 Å². The van der Waals surface area contributed by atoms with Gasteiger partial charge < -0.3 is 14.2 Å². The van der Waals surface area contributed by atoms with Crippen molar-refractivity contribution < 1.29 is 14.0 Å². The zero-order valence-electron chi connectivity index (χ0n) is 20.6. The molecule has 0 saturated carbocycles. The van der Waals surface area contributed by atoms with Crippen molar-refractivity contribution >= 4 is 17.5 Å². The van der Waals surface area contributed by atoms with Gasteiger partial charge in [0.1, 0.15) is 6.04 Å². The van der Waals surface area contributed by atoms with Crippen LogP contribution in [0.1, 0.15) is 46.5 Å². The largest absolute Gasteiger partial charge is 0.423 e. The van der Waals surface area contributed by atoms with E-state index >= 15 is 0 Å². The quantitative estimate of drug-likeness (QED) is 0.369. The first-order valence-electron chi connectivity index (χ1n) is 12.7. The van der Waals surface area contributed by atoms with Crippen LogP contribution in [0.5, 0.6) is 0 Å². The van der Waals surface area contributed by atoms with Crippen molar-refractivity contribution in [1.29, 1.82) is 0 Å². The number of aromatic nitrogens is 2. The third-order valence-corrected chi connectivity index (χ3v) is 7.92. The highest BCUT2D eigenvalue weighted by Crippen LogP contribution is 2.40. The summed E-state index contributed by atoms with van der Waals surface area (Å²) in [7, 11) is 0. The molecule has 2 unspecified atom stereocenters. The van der Waals surface area contributed by atoms with Crippen LogP contribution in [0.3, 0.4) is 0 Å². The number of hydrogen-bond acceptors (Lipinski definition) is 5. The highest BCUT2D eigenvalue weighted by atomic mass is 16.4. The second-order valence-corrected chi connectivity index (χ2v) is 10.2. The van der Waals surface area contributed by atoms with Gasteiger partial charge in [0.15, 0.2) is 0 Å². The minimum Gasteiger partial charge on any atom is -0.423 e. The predicted molar refractivity (Wildman–Crippen MR) is 138 cm³/mol. The van der Waals surface area contributed by atoms with Crippen LogP contribution >= 0.6 is 0 Å². The molecule has 0 spiro atoms. The molecule has 1 fully saturated rings. The summed E-state index contributed by atoms with van der Waals surface area (Å²) in [6.45, 7) is 2.59. The molecule has 3 aromatic carbocycles. The highest BCUT2D eigenvalue weighted by Gasteiger charge is 2.42. The number of hydrogen-bond donors (Lipinski definition) is 0. The first-order chi connectivity index (χ1) is 18.0.